The molecule has 0 amide bonds. The minimum absolute atomic E-state index is 0.221. The summed E-state index contributed by atoms with van der Waals surface area (Å²) in [6.07, 6.45) is 1.04. The lowest BCUT2D eigenvalue weighted by molar-refractivity contribution is 0.00161. The largest absolute Gasteiger partial charge is 0.389 e. The van der Waals surface area contributed by atoms with Crippen LogP contribution in [0.3, 0.4) is 0 Å². The fourth-order valence-electron chi connectivity index (χ4n) is 1.86. The molecule has 1 aromatic rings. The predicted octanol–water partition coefficient (Wildman–Crippen LogP) is 2.30. The lowest BCUT2D eigenvalue weighted by Crippen LogP contribution is -2.26. The number of anilines is 1. The van der Waals surface area contributed by atoms with Gasteiger partial charge in [-0.15, -0.1) is 11.3 Å². The van der Waals surface area contributed by atoms with Crippen LogP contribution in [0.2, 0.25) is 0 Å². The maximum absolute atomic E-state index is 9.02. The third kappa shape index (κ3) is 1.73. The first-order chi connectivity index (χ1) is 7.13. The van der Waals surface area contributed by atoms with E-state index in [4.69, 9.17) is 15.7 Å². The first kappa shape index (κ1) is 10.5. The van der Waals surface area contributed by atoms with Crippen molar-refractivity contribution in [1.82, 2.24) is 0 Å². The number of nitrogens with zero attached hydrogens (tertiary/aromatic N) is 1. The summed E-state index contributed by atoms with van der Waals surface area (Å²) in [5.41, 5.74) is 7.58. The van der Waals surface area contributed by atoms with Gasteiger partial charge in [0.15, 0.2) is 0 Å². The molecule has 3 nitrogen and oxygen atoms in total. The van der Waals surface area contributed by atoms with Gasteiger partial charge in [0.25, 0.3) is 0 Å². The van der Waals surface area contributed by atoms with Gasteiger partial charge >= 0.3 is 0 Å². The number of nitriles is 1. The van der Waals surface area contributed by atoms with Crippen LogP contribution in [0.1, 0.15) is 29.9 Å². The van der Waals surface area contributed by atoms with E-state index in [2.05, 4.69) is 19.9 Å². The van der Waals surface area contributed by atoms with Crippen LogP contribution in [-0.2, 0) is 17.8 Å². The number of hydrogen-bond donors (Lipinski definition) is 1. The lowest BCUT2D eigenvalue weighted by atomic mass is 9.95. The van der Waals surface area contributed by atoms with Gasteiger partial charge in [-0.2, -0.15) is 5.26 Å². The number of fused-ring (bicyclic) bond motifs is 1. The van der Waals surface area contributed by atoms with Crippen molar-refractivity contribution in [3.63, 3.8) is 0 Å². The Morgan fingerprint density at radius 2 is 2.33 bits per heavy atom. The topological polar surface area (TPSA) is 59.0 Å². The van der Waals surface area contributed by atoms with E-state index in [0.717, 1.165) is 16.9 Å². The Bertz CT molecular complexity index is 417. The van der Waals surface area contributed by atoms with E-state index in [1.54, 1.807) is 0 Å². The summed E-state index contributed by atoms with van der Waals surface area (Å²) in [6.45, 7) is 4.88. The Labute approximate surface area is 93.5 Å². The fourth-order valence-corrected chi connectivity index (χ4v) is 2.83. The lowest BCUT2D eigenvalue weighted by Gasteiger charge is -2.26. The molecule has 1 aromatic heterocycles. The molecule has 2 N–H and O–H groups in total. The van der Waals surface area contributed by atoms with Gasteiger partial charge in [0.2, 0.25) is 0 Å². The summed E-state index contributed by atoms with van der Waals surface area (Å²) in [4.78, 5) is 1.13. The van der Waals surface area contributed by atoms with Gasteiger partial charge in [-0.3, -0.25) is 0 Å². The number of ether oxygens (including phenoxy) is 1. The van der Waals surface area contributed by atoms with Gasteiger partial charge in [0.1, 0.15) is 11.1 Å². The molecule has 0 aliphatic carbocycles. The minimum atomic E-state index is 0.221. The van der Waals surface area contributed by atoms with Crippen LogP contribution in [0.25, 0.3) is 0 Å². The summed E-state index contributed by atoms with van der Waals surface area (Å²) in [7, 11) is 0. The van der Waals surface area contributed by atoms with E-state index in [0.29, 0.717) is 23.1 Å². The van der Waals surface area contributed by atoms with E-state index >= 15 is 0 Å². The molecule has 80 valence electrons. The van der Waals surface area contributed by atoms with Gasteiger partial charge in [-0.25, -0.2) is 0 Å². The molecule has 1 aliphatic rings. The Hall–Kier alpha value is -1.05. The van der Waals surface area contributed by atoms with Gasteiger partial charge in [-0.1, -0.05) is 13.8 Å². The zero-order chi connectivity index (χ0) is 11.0. The fraction of sp³-hybridized carbons (Fsp3) is 0.545. The third-order valence-corrected chi connectivity index (χ3v) is 3.84. The van der Waals surface area contributed by atoms with Gasteiger partial charge in [0.05, 0.1) is 18.3 Å². The van der Waals surface area contributed by atoms with Gasteiger partial charge in [0, 0.05) is 11.3 Å². The Balaban J connectivity index is 2.36. The standard InChI is InChI=1S/C11H14N2OS/c1-6(2)9-3-7-8(4-12)11(13)15-10(7)5-14-9/h6,9H,3,5,13H2,1-2H3/t9-/m1/s1. The molecule has 0 aromatic carbocycles. The third-order valence-electron chi connectivity index (χ3n) is 2.81. The molecule has 0 fully saturated rings. The molecule has 0 bridgehead atoms. The first-order valence-electron chi connectivity index (χ1n) is 5.05. The highest BCUT2D eigenvalue weighted by atomic mass is 32.1. The van der Waals surface area contributed by atoms with Crippen molar-refractivity contribution in [2.24, 2.45) is 5.92 Å². The highest BCUT2D eigenvalue weighted by Gasteiger charge is 2.27. The molecule has 0 saturated heterocycles. The average molecular weight is 222 g/mol. The highest BCUT2D eigenvalue weighted by Crippen LogP contribution is 2.36. The molecule has 0 saturated carbocycles. The summed E-state index contributed by atoms with van der Waals surface area (Å²) in [5.74, 6) is 0.478. The smallest absolute Gasteiger partial charge is 0.104 e. The van der Waals surface area contributed by atoms with Crippen LogP contribution < -0.4 is 5.73 Å². The van der Waals surface area contributed by atoms with Crippen LogP contribution in [0.4, 0.5) is 5.00 Å². The number of thiophene rings is 1. The molecule has 0 spiro atoms. The second-order valence-corrected chi connectivity index (χ2v) is 5.29. The van der Waals surface area contributed by atoms with Crippen molar-refractivity contribution in [2.75, 3.05) is 5.73 Å². The van der Waals surface area contributed by atoms with Crippen molar-refractivity contribution in [2.45, 2.75) is 33.0 Å². The van der Waals surface area contributed by atoms with Crippen molar-refractivity contribution in [3.8, 4) is 6.07 Å². The number of nitrogen functional groups attached to an aromatic ring is 1. The molecule has 1 atom stereocenters. The summed E-state index contributed by atoms with van der Waals surface area (Å²) in [6, 6.07) is 2.19. The SMILES string of the molecule is CC(C)[C@H]1Cc2c(sc(N)c2C#N)CO1. The van der Waals surface area contributed by atoms with E-state index in [9.17, 15) is 0 Å². The van der Waals surface area contributed by atoms with Crippen molar-refractivity contribution >= 4 is 16.3 Å². The zero-order valence-electron chi connectivity index (χ0n) is 8.91. The monoisotopic (exact) mass is 222 g/mol. The number of nitrogens with two attached hydrogens (primary N) is 1. The van der Waals surface area contributed by atoms with Crippen LogP contribution in [-0.4, -0.2) is 6.10 Å². The Morgan fingerprint density at radius 1 is 1.60 bits per heavy atom. The van der Waals surface area contributed by atoms with Crippen molar-refractivity contribution in [3.05, 3.63) is 16.0 Å². The molecular formula is C11H14N2OS. The van der Waals surface area contributed by atoms with Crippen molar-refractivity contribution < 1.29 is 4.74 Å². The van der Waals surface area contributed by atoms with E-state index in [-0.39, 0.29) is 6.10 Å². The second-order valence-electron chi connectivity index (χ2n) is 4.15. The first-order valence-corrected chi connectivity index (χ1v) is 5.86. The molecule has 1 aliphatic heterocycles. The minimum Gasteiger partial charge on any atom is -0.389 e. The molecule has 0 unspecified atom stereocenters. The Morgan fingerprint density at radius 3 is 2.93 bits per heavy atom. The molecule has 4 heteroatoms. The average Bonchev–Trinajstić information content (AvgIpc) is 2.51. The zero-order valence-corrected chi connectivity index (χ0v) is 9.73. The molecule has 0 radical (unpaired) electrons. The van der Waals surface area contributed by atoms with Crippen LogP contribution >= 0.6 is 11.3 Å². The Kier molecular flexibility index (Phi) is 2.68. The highest BCUT2D eigenvalue weighted by molar-refractivity contribution is 7.16. The van der Waals surface area contributed by atoms with Crippen LogP contribution in [0, 0.1) is 17.2 Å². The number of rotatable bonds is 1. The molecule has 15 heavy (non-hydrogen) atoms. The van der Waals surface area contributed by atoms with Crippen molar-refractivity contribution in [1.29, 1.82) is 5.26 Å². The van der Waals surface area contributed by atoms with E-state index < -0.39 is 0 Å². The van der Waals surface area contributed by atoms with E-state index in [1.807, 2.05) is 0 Å². The second kappa shape index (κ2) is 3.84. The van der Waals surface area contributed by atoms with E-state index in [1.165, 1.54) is 11.3 Å². The predicted molar refractivity (Wildman–Crippen MR) is 60.6 cm³/mol. The molecule has 2 heterocycles. The summed E-state index contributed by atoms with van der Waals surface area (Å²) >= 11 is 1.49. The maximum atomic E-state index is 9.02. The maximum Gasteiger partial charge on any atom is 0.104 e. The normalized spacial score (nSPS) is 20.0. The number of hydrogen-bond acceptors (Lipinski definition) is 4. The van der Waals surface area contributed by atoms with Gasteiger partial charge in [-0.05, 0) is 11.5 Å². The molecular weight excluding hydrogens is 208 g/mol. The summed E-state index contributed by atoms with van der Waals surface area (Å²) < 4.78 is 5.72. The van der Waals surface area contributed by atoms with Crippen LogP contribution in [0.5, 0.6) is 0 Å². The van der Waals surface area contributed by atoms with Gasteiger partial charge < -0.3 is 10.5 Å². The van der Waals surface area contributed by atoms with Crippen LogP contribution in [0.15, 0.2) is 0 Å². The molecule has 2 rings (SSSR count). The summed E-state index contributed by atoms with van der Waals surface area (Å²) in [5, 5.41) is 9.66. The quantitative estimate of drug-likeness (QED) is 0.793.